The molecule has 1 fully saturated rings. The Morgan fingerprint density at radius 3 is 3.17 bits per heavy atom. The molecule has 94 valence electrons. The summed E-state index contributed by atoms with van der Waals surface area (Å²) in [6, 6.07) is 2.81. The molecular formula is C12H14N4S2. The first-order valence-corrected chi connectivity index (χ1v) is 7.59. The highest BCUT2D eigenvalue weighted by molar-refractivity contribution is 7.71. The van der Waals surface area contributed by atoms with Crippen molar-refractivity contribution in [1.29, 1.82) is 0 Å². The van der Waals surface area contributed by atoms with Crippen molar-refractivity contribution in [3.05, 3.63) is 26.7 Å². The van der Waals surface area contributed by atoms with Crippen molar-refractivity contribution >= 4 is 29.5 Å². The van der Waals surface area contributed by atoms with Gasteiger partial charge in [-0.05, 0) is 48.5 Å². The van der Waals surface area contributed by atoms with Gasteiger partial charge in [0.05, 0.1) is 0 Å². The zero-order valence-electron chi connectivity index (χ0n) is 9.93. The van der Waals surface area contributed by atoms with Gasteiger partial charge in [-0.1, -0.05) is 0 Å². The molecule has 4 nitrogen and oxygen atoms in total. The minimum Gasteiger partial charge on any atom is -0.336 e. The molecule has 1 N–H and O–H groups in total. The third-order valence-electron chi connectivity index (χ3n) is 3.69. The SMILES string of the molecule is S=c1[nH]nc(N2CCc3sccc3C2)n1C1CC1. The van der Waals surface area contributed by atoms with Gasteiger partial charge in [-0.3, -0.25) is 4.57 Å². The fourth-order valence-corrected chi connectivity index (χ4v) is 3.77. The lowest BCUT2D eigenvalue weighted by atomic mass is 10.1. The molecule has 4 rings (SSSR count). The molecule has 0 atom stereocenters. The van der Waals surface area contributed by atoms with Crippen LogP contribution in [0.25, 0.3) is 0 Å². The van der Waals surface area contributed by atoms with E-state index >= 15 is 0 Å². The summed E-state index contributed by atoms with van der Waals surface area (Å²) < 4.78 is 2.97. The van der Waals surface area contributed by atoms with Crippen molar-refractivity contribution in [3.8, 4) is 0 Å². The molecule has 2 aromatic rings. The maximum Gasteiger partial charge on any atom is 0.226 e. The molecule has 1 saturated carbocycles. The van der Waals surface area contributed by atoms with E-state index in [0.29, 0.717) is 6.04 Å². The maximum absolute atomic E-state index is 5.34. The van der Waals surface area contributed by atoms with Gasteiger partial charge in [0.2, 0.25) is 5.95 Å². The van der Waals surface area contributed by atoms with Gasteiger partial charge in [0.15, 0.2) is 4.77 Å². The number of nitrogens with zero attached hydrogens (tertiary/aromatic N) is 3. The van der Waals surface area contributed by atoms with E-state index in [9.17, 15) is 0 Å². The number of nitrogens with one attached hydrogen (secondary N) is 1. The summed E-state index contributed by atoms with van der Waals surface area (Å²) in [5.74, 6) is 1.03. The molecule has 3 heterocycles. The minimum absolute atomic E-state index is 0.579. The molecule has 2 aliphatic rings. The summed E-state index contributed by atoms with van der Waals surface area (Å²) in [6.45, 7) is 2.00. The highest BCUT2D eigenvalue weighted by Crippen LogP contribution is 2.38. The third-order valence-corrected chi connectivity index (χ3v) is 5.00. The van der Waals surface area contributed by atoms with Gasteiger partial charge in [0, 0.05) is 24.0 Å². The largest absolute Gasteiger partial charge is 0.336 e. The molecule has 0 unspecified atom stereocenters. The van der Waals surface area contributed by atoms with Gasteiger partial charge in [-0.2, -0.15) is 0 Å². The van der Waals surface area contributed by atoms with Gasteiger partial charge < -0.3 is 4.90 Å². The van der Waals surface area contributed by atoms with Crippen LogP contribution in [-0.4, -0.2) is 21.3 Å². The second-order valence-corrected chi connectivity index (χ2v) is 6.36. The fourth-order valence-electron chi connectivity index (χ4n) is 2.60. The van der Waals surface area contributed by atoms with Crippen molar-refractivity contribution in [2.24, 2.45) is 0 Å². The van der Waals surface area contributed by atoms with Gasteiger partial charge in [0.25, 0.3) is 0 Å². The zero-order chi connectivity index (χ0) is 12.1. The van der Waals surface area contributed by atoms with Crippen LogP contribution in [0, 0.1) is 4.77 Å². The second-order valence-electron chi connectivity index (χ2n) is 4.97. The Balaban J connectivity index is 1.70. The number of thiophene rings is 1. The Hall–Kier alpha value is -1.14. The molecule has 6 heteroatoms. The summed E-state index contributed by atoms with van der Waals surface area (Å²) in [5, 5.41) is 9.57. The van der Waals surface area contributed by atoms with Crippen molar-refractivity contribution in [3.63, 3.8) is 0 Å². The Kier molecular flexibility index (Phi) is 2.35. The van der Waals surface area contributed by atoms with Crippen LogP contribution in [0.3, 0.4) is 0 Å². The average Bonchev–Trinajstić information content (AvgIpc) is 2.98. The molecule has 1 aliphatic heterocycles. The summed E-state index contributed by atoms with van der Waals surface area (Å²) >= 11 is 7.21. The highest BCUT2D eigenvalue weighted by atomic mass is 32.1. The molecule has 2 aromatic heterocycles. The lowest BCUT2D eigenvalue weighted by Gasteiger charge is -2.27. The predicted octanol–water partition coefficient (Wildman–Crippen LogP) is 2.90. The first-order chi connectivity index (χ1) is 8.83. The van der Waals surface area contributed by atoms with E-state index in [0.717, 1.165) is 30.2 Å². The monoisotopic (exact) mass is 278 g/mol. The predicted molar refractivity (Wildman–Crippen MR) is 74.8 cm³/mol. The first-order valence-electron chi connectivity index (χ1n) is 6.30. The van der Waals surface area contributed by atoms with E-state index in [1.54, 1.807) is 0 Å². The van der Waals surface area contributed by atoms with Gasteiger partial charge in [-0.15, -0.1) is 16.4 Å². The van der Waals surface area contributed by atoms with Crippen molar-refractivity contribution in [1.82, 2.24) is 14.8 Å². The van der Waals surface area contributed by atoms with Gasteiger partial charge >= 0.3 is 0 Å². The van der Waals surface area contributed by atoms with Crippen LogP contribution in [0.5, 0.6) is 0 Å². The standard InChI is InChI=1S/C12H14N4S2/c17-12-14-13-11(16(12)9-1-2-9)15-5-3-10-8(7-15)4-6-18-10/h4,6,9H,1-3,5,7H2,(H,14,17). The quantitative estimate of drug-likeness (QED) is 0.858. The van der Waals surface area contributed by atoms with E-state index in [1.807, 2.05) is 11.3 Å². The molecule has 0 radical (unpaired) electrons. The van der Waals surface area contributed by atoms with E-state index in [1.165, 1.54) is 23.3 Å². The number of aromatic nitrogens is 3. The number of hydrogen-bond acceptors (Lipinski definition) is 4. The number of aromatic amines is 1. The summed E-state index contributed by atoms with van der Waals surface area (Å²) in [6.07, 6.45) is 3.59. The Labute approximate surface area is 114 Å². The fraction of sp³-hybridized carbons (Fsp3) is 0.500. The molecular weight excluding hydrogens is 264 g/mol. The van der Waals surface area contributed by atoms with Crippen LogP contribution in [-0.2, 0) is 13.0 Å². The summed E-state index contributed by atoms with van der Waals surface area (Å²) in [7, 11) is 0. The van der Waals surface area contributed by atoms with E-state index in [-0.39, 0.29) is 0 Å². The van der Waals surface area contributed by atoms with Crippen molar-refractivity contribution in [2.75, 3.05) is 11.4 Å². The average molecular weight is 278 g/mol. The van der Waals surface area contributed by atoms with Gasteiger partial charge in [-0.25, -0.2) is 5.10 Å². The molecule has 0 bridgehead atoms. The third kappa shape index (κ3) is 1.63. The minimum atomic E-state index is 0.579. The maximum atomic E-state index is 5.34. The van der Waals surface area contributed by atoms with E-state index in [4.69, 9.17) is 12.2 Å². The van der Waals surface area contributed by atoms with Crippen LogP contribution in [0.15, 0.2) is 11.4 Å². The summed E-state index contributed by atoms with van der Waals surface area (Å²) in [4.78, 5) is 3.87. The molecule has 0 aromatic carbocycles. The molecule has 0 spiro atoms. The van der Waals surface area contributed by atoms with Crippen molar-refractivity contribution in [2.45, 2.75) is 31.8 Å². The molecule has 0 saturated heterocycles. The Morgan fingerprint density at radius 2 is 2.33 bits per heavy atom. The van der Waals surface area contributed by atoms with Crippen molar-refractivity contribution < 1.29 is 0 Å². The molecule has 0 amide bonds. The Bertz CT molecular complexity index is 635. The first kappa shape index (κ1) is 10.8. The van der Waals surface area contributed by atoms with E-state index in [2.05, 4.69) is 31.1 Å². The van der Waals surface area contributed by atoms with Crippen LogP contribution >= 0.6 is 23.6 Å². The second kappa shape index (κ2) is 3.93. The lowest BCUT2D eigenvalue weighted by Crippen LogP contribution is -2.31. The van der Waals surface area contributed by atoms with E-state index < -0.39 is 0 Å². The number of H-pyrrole nitrogens is 1. The topological polar surface area (TPSA) is 36.9 Å². The number of anilines is 1. The smallest absolute Gasteiger partial charge is 0.226 e. The molecule has 18 heavy (non-hydrogen) atoms. The Morgan fingerprint density at radius 1 is 1.44 bits per heavy atom. The van der Waals surface area contributed by atoms with Gasteiger partial charge in [0.1, 0.15) is 0 Å². The lowest BCUT2D eigenvalue weighted by molar-refractivity contribution is 0.655. The summed E-state index contributed by atoms with van der Waals surface area (Å²) in [5.41, 5.74) is 1.45. The van der Waals surface area contributed by atoms with Crippen LogP contribution in [0.1, 0.15) is 29.3 Å². The van der Waals surface area contributed by atoms with Crippen LogP contribution in [0.4, 0.5) is 5.95 Å². The number of fused-ring (bicyclic) bond motifs is 1. The number of rotatable bonds is 2. The van der Waals surface area contributed by atoms with Crippen LogP contribution < -0.4 is 4.90 Å². The van der Waals surface area contributed by atoms with Crippen LogP contribution in [0.2, 0.25) is 0 Å². The zero-order valence-corrected chi connectivity index (χ0v) is 11.6. The molecule has 1 aliphatic carbocycles. The normalized spacial score (nSPS) is 19.0. The highest BCUT2D eigenvalue weighted by Gasteiger charge is 2.30. The number of hydrogen-bond donors (Lipinski definition) is 1.